The molecule has 0 spiro atoms. The summed E-state index contributed by atoms with van der Waals surface area (Å²) in [7, 11) is 2.36. The monoisotopic (exact) mass is 292 g/mol. The molecule has 0 N–H and O–H groups in total. The van der Waals surface area contributed by atoms with Gasteiger partial charge in [0, 0.05) is 5.46 Å². The molecule has 1 fully saturated rings. The predicted octanol–water partition coefficient (Wildman–Crippen LogP) is 1.78. The normalized spacial score (nSPS) is 19.4. The Bertz CT molecular complexity index is 537. The molecule has 0 unspecified atom stereocenters. The number of esters is 1. The van der Waals surface area contributed by atoms with Crippen molar-refractivity contribution in [1.82, 2.24) is 0 Å². The van der Waals surface area contributed by atoms with Crippen molar-refractivity contribution in [3.63, 3.8) is 0 Å². The lowest BCUT2D eigenvalue weighted by molar-refractivity contribution is 0.00578. The fourth-order valence-corrected chi connectivity index (χ4v) is 2.12. The standard InChI is InChI=1S/C15H21BO5/c1-14(2)15(3,4)21-16(20-14)11-8-7-10(13(17)19-6)9-12(11)18-5/h7-9H,1-6H3. The number of benzene rings is 1. The number of rotatable bonds is 3. The summed E-state index contributed by atoms with van der Waals surface area (Å²) < 4.78 is 22.1. The van der Waals surface area contributed by atoms with E-state index >= 15 is 0 Å². The summed E-state index contributed by atoms with van der Waals surface area (Å²) in [4.78, 5) is 11.6. The third kappa shape index (κ3) is 2.78. The van der Waals surface area contributed by atoms with E-state index in [1.165, 1.54) is 7.11 Å². The molecule has 114 valence electrons. The maximum absolute atomic E-state index is 11.6. The van der Waals surface area contributed by atoms with E-state index in [-0.39, 0.29) is 0 Å². The van der Waals surface area contributed by atoms with E-state index in [2.05, 4.69) is 0 Å². The van der Waals surface area contributed by atoms with Crippen molar-refractivity contribution < 1.29 is 23.6 Å². The lowest BCUT2D eigenvalue weighted by atomic mass is 9.78. The van der Waals surface area contributed by atoms with E-state index in [0.29, 0.717) is 11.3 Å². The average molecular weight is 292 g/mol. The molecule has 1 aromatic carbocycles. The zero-order valence-electron chi connectivity index (χ0n) is 13.4. The number of carbonyl (C=O) groups is 1. The molecule has 1 aliphatic heterocycles. The van der Waals surface area contributed by atoms with Crippen LogP contribution in [0.15, 0.2) is 18.2 Å². The molecule has 0 bridgehead atoms. The smallest absolute Gasteiger partial charge is 0.497 e. The van der Waals surface area contributed by atoms with Gasteiger partial charge in [0.2, 0.25) is 0 Å². The first-order valence-electron chi connectivity index (χ1n) is 6.84. The van der Waals surface area contributed by atoms with Gasteiger partial charge in [-0.25, -0.2) is 4.79 Å². The van der Waals surface area contributed by atoms with Crippen LogP contribution in [0.1, 0.15) is 38.1 Å². The number of carbonyl (C=O) groups excluding carboxylic acids is 1. The van der Waals surface area contributed by atoms with Gasteiger partial charge < -0.3 is 18.8 Å². The molecular formula is C15H21BO5. The van der Waals surface area contributed by atoms with Crippen molar-refractivity contribution in [3.05, 3.63) is 23.8 Å². The first-order valence-corrected chi connectivity index (χ1v) is 6.84. The van der Waals surface area contributed by atoms with Crippen molar-refractivity contribution in [2.24, 2.45) is 0 Å². The van der Waals surface area contributed by atoms with Crippen LogP contribution < -0.4 is 10.2 Å². The Kier molecular flexibility index (Phi) is 4.04. The van der Waals surface area contributed by atoms with Crippen LogP contribution in [0.2, 0.25) is 0 Å². The molecule has 1 aromatic rings. The van der Waals surface area contributed by atoms with Crippen molar-refractivity contribution in [2.45, 2.75) is 38.9 Å². The summed E-state index contributed by atoms with van der Waals surface area (Å²) in [5.41, 5.74) is 0.325. The second-order valence-electron chi connectivity index (χ2n) is 6.04. The molecule has 6 heteroatoms. The van der Waals surface area contributed by atoms with Gasteiger partial charge >= 0.3 is 13.1 Å². The second-order valence-corrected chi connectivity index (χ2v) is 6.04. The van der Waals surface area contributed by atoms with Crippen LogP contribution in [0.25, 0.3) is 0 Å². The van der Waals surface area contributed by atoms with Crippen LogP contribution >= 0.6 is 0 Å². The summed E-state index contributed by atoms with van der Waals surface area (Å²) >= 11 is 0. The third-order valence-electron chi connectivity index (χ3n) is 4.16. The van der Waals surface area contributed by atoms with E-state index in [1.807, 2.05) is 27.7 Å². The highest BCUT2D eigenvalue weighted by Crippen LogP contribution is 2.37. The average Bonchev–Trinajstić information content (AvgIpc) is 2.65. The molecule has 0 atom stereocenters. The first kappa shape index (κ1) is 15.9. The van der Waals surface area contributed by atoms with Gasteiger partial charge in [0.25, 0.3) is 0 Å². The van der Waals surface area contributed by atoms with Crippen molar-refractivity contribution >= 4 is 18.6 Å². The Morgan fingerprint density at radius 1 is 1.10 bits per heavy atom. The van der Waals surface area contributed by atoms with Gasteiger partial charge in [0.15, 0.2) is 0 Å². The van der Waals surface area contributed by atoms with E-state index in [0.717, 1.165) is 5.46 Å². The van der Waals surface area contributed by atoms with Gasteiger partial charge in [-0.2, -0.15) is 0 Å². The molecule has 0 aliphatic carbocycles. The molecule has 0 saturated carbocycles. The van der Waals surface area contributed by atoms with Crippen LogP contribution in [-0.2, 0) is 14.0 Å². The summed E-state index contributed by atoms with van der Waals surface area (Å²) in [5, 5.41) is 0. The molecule has 5 nitrogen and oxygen atoms in total. The summed E-state index contributed by atoms with van der Waals surface area (Å²) in [5.74, 6) is 0.130. The summed E-state index contributed by atoms with van der Waals surface area (Å²) in [6.45, 7) is 7.95. The molecule has 1 aliphatic rings. The van der Waals surface area contributed by atoms with Gasteiger partial charge in [-0.05, 0) is 39.8 Å². The third-order valence-corrected chi connectivity index (χ3v) is 4.16. The molecule has 21 heavy (non-hydrogen) atoms. The summed E-state index contributed by atoms with van der Waals surface area (Å²) in [6.07, 6.45) is 0. The first-order chi connectivity index (χ1) is 9.71. The van der Waals surface area contributed by atoms with Crippen LogP contribution in [0.3, 0.4) is 0 Å². The zero-order chi connectivity index (χ0) is 15.8. The number of hydrogen-bond acceptors (Lipinski definition) is 5. The molecule has 2 rings (SSSR count). The second kappa shape index (κ2) is 5.35. The molecule has 0 aromatic heterocycles. The highest BCUT2D eigenvalue weighted by atomic mass is 16.7. The molecule has 0 radical (unpaired) electrons. The molecule has 1 heterocycles. The number of hydrogen-bond donors (Lipinski definition) is 0. The highest BCUT2D eigenvalue weighted by molar-refractivity contribution is 6.63. The minimum atomic E-state index is -0.531. The fourth-order valence-electron chi connectivity index (χ4n) is 2.12. The fraction of sp³-hybridized carbons (Fsp3) is 0.533. The molecule has 0 amide bonds. The van der Waals surface area contributed by atoms with Gasteiger partial charge in [0.05, 0.1) is 31.0 Å². The van der Waals surface area contributed by atoms with Gasteiger partial charge in [-0.15, -0.1) is 0 Å². The maximum atomic E-state index is 11.6. The van der Waals surface area contributed by atoms with E-state index in [1.54, 1.807) is 25.3 Å². The predicted molar refractivity (Wildman–Crippen MR) is 80.0 cm³/mol. The maximum Gasteiger partial charge on any atom is 0.498 e. The van der Waals surface area contributed by atoms with E-state index < -0.39 is 24.3 Å². The van der Waals surface area contributed by atoms with E-state index in [4.69, 9.17) is 18.8 Å². The SMILES string of the molecule is COC(=O)c1ccc(B2OC(C)(C)C(C)(C)O2)c(OC)c1. The largest absolute Gasteiger partial charge is 0.498 e. The van der Waals surface area contributed by atoms with Gasteiger partial charge in [0.1, 0.15) is 5.75 Å². The summed E-state index contributed by atoms with van der Waals surface area (Å²) in [6, 6.07) is 5.08. The van der Waals surface area contributed by atoms with Crippen molar-refractivity contribution in [2.75, 3.05) is 14.2 Å². The van der Waals surface area contributed by atoms with Crippen LogP contribution in [0.4, 0.5) is 0 Å². The Balaban J connectivity index is 2.35. The lowest BCUT2D eigenvalue weighted by Crippen LogP contribution is -2.41. The van der Waals surface area contributed by atoms with Crippen LogP contribution in [-0.4, -0.2) is 38.5 Å². The Morgan fingerprint density at radius 2 is 1.67 bits per heavy atom. The Morgan fingerprint density at radius 3 is 2.14 bits per heavy atom. The van der Waals surface area contributed by atoms with Gasteiger partial charge in [-0.3, -0.25) is 0 Å². The minimum absolute atomic E-state index is 0.409. The Labute approximate surface area is 125 Å². The lowest BCUT2D eigenvalue weighted by Gasteiger charge is -2.32. The Hall–Kier alpha value is -1.53. The zero-order valence-corrected chi connectivity index (χ0v) is 13.4. The highest BCUT2D eigenvalue weighted by Gasteiger charge is 2.52. The van der Waals surface area contributed by atoms with Crippen molar-refractivity contribution in [3.8, 4) is 5.75 Å². The van der Waals surface area contributed by atoms with Crippen molar-refractivity contribution in [1.29, 1.82) is 0 Å². The number of ether oxygens (including phenoxy) is 2. The topological polar surface area (TPSA) is 54.0 Å². The minimum Gasteiger partial charge on any atom is -0.497 e. The van der Waals surface area contributed by atoms with Crippen LogP contribution in [0.5, 0.6) is 5.75 Å². The van der Waals surface area contributed by atoms with Crippen LogP contribution in [0, 0.1) is 0 Å². The van der Waals surface area contributed by atoms with Gasteiger partial charge in [-0.1, -0.05) is 6.07 Å². The number of methoxy groups -OCH3 is 2. The molecule has 1 saturated heterocycles. The quantitative estimate of drug-likeness (QED) is 0.628. The molecular weight excluding hydrogens is 271 g/mol. The van der Waals surface area contributed by atoms with E-state index in [9.17, 15) is 4.79 Å².